The van der Waals surface area contributed by atoms with Gasteiger partial charge in [-0.05, 0) is 18.5 Å². The lowest BCUT2D eigenvalue weighted by atomic mass is 10.2. The second kappa shape index (κ2) is 6.81. The minimum absolute atomic E-state index is 0.530. The summed E-state index contributed by atoms with van der Waals surface area (Å²) in [4.78, 5) is 8.80. The molecule has 0 aliphatic heterocycles. The molecule has 0 atom stereocenters. The van der Waals surface area contributed by atoms with E-state index in [2.05, 4.69) is 48.1 Å². The molecule has 0 amide bonds. The number of hydrogen-bond acceptors (Lipinski definition) is 7. The van der Waals surface area contributed by atoms with E-state index in [0.29, 0.717) is 36.0 Å². The number of H-pyrrole nitrogens is 1. The fourth-order valence-corrected chi connectivity index (χ4v) is 2.04. The first-order valence-corrected chi connectivity index (χ1v) is 7.17. The molecule has 0 aliphatic carbocycles. The molecule has 5 N–H and O–H groups in total. The minimum Gasteiger partial charge on any atom is -0.364 e. The summed E-state index contributed by atoms with van der Waals surface area (Å²) in [6.45, 7) is 2.00. The van der Waals surface area contributed by atoms with Crippen molar-refractivity contribution in [3.63, 3.8) is 0 Å². The van der Waals surface area contributed by atoms with Gasteiger partial charge < -0.3 is 16.4 Å². The molecule has 0 bridgehead atoms. The van der Waals surface area contributed by atoms with Gasteiger partial charge in [-0.15, -0.1) is 5.10 Å². The van der Waals surface area contributed by atoms with Crippen molar-refractivity contribution in [1.29, 1.82) is 0 Å². The summed E-state index contributed by atoms with van der Waals surface area (Å²) in [6, 6.07) is 10.1. The van der Waals surface area contributed by atoms with E-state index in [1.54, 1.807) is 0 Å². The Balaban J connectivity index is 1.79. The van der Waals surface area contributed by atoms with Crippen LogP contribution in [0, 0.1) is 0 Å². The summed E-state index contributed by atoms with van der Waals surface area (Å²) >= 11 is 0. The normalized spacial score (nSPS) is 10.8. The summed E-state index contributed by atoms with van der Waals surface area (Å²) in [5.74, 6) is 1.18. The maximum absolute atomic E-state index is 5.49. The average Bonchev–Trinajstić information content (AvgIpc) is 3.02. The van der Waals surface area contributed by atoms with E-state index < -0.39 is 0 Å². The number of rotatable bonds is 7. The van der Waals surface area contributed by atoms with Crippen LogP contribution in [-0.4, -0.2) is 38.5 Å². The lowest BCUT2D eigenvalue weighted by Crippen LogP contribution is -2.12. The first kappa shape index (κ1) is 14.2. The van der Waals surface area contributed by atoms with Crippen molar-refractivity contribution in [1.82, 2.24) is 25.4 Å². The molecule has 22 heavy (non-hydrogen) atoms. The van der Waals surface area contributed by atoms with Gasteiger partial charge in [0.2, 0.25) is 5.95 Å². The molecule has 8 nitrogen and oxygen atoms in total. The Morgan fingerprint density at radius 1 is 1.09 bits per heavy atom. The summed E-state index contributed by atoms with van der Waals surface area (Å²) in [5.41, 5.74) is 7.88. The number of hydrogen-bond donors (Lipinski definition) is 4. The van der Waals surface area contributed by atoms with E-state index >= 15 is 0 Å². The summed E-state index contributed by atoms with van der Waals surface area (Å²) in [5, 5.41) is 17.0. The Bertz CT molecular complexity index is 724. The molecule has 8 heteroatoms. The highest BCUT2D eigenvalue weighted by atomic mass is 15.4. The molecule has 0 fully saturated rings. The second-order valence-electron chi connectivity index (χ2n) is 4.81. The van der Waals surface area contributed by atoms with Crippen molar-refractivity contribution in [3.05, 3.63) is 35.9 Å². The highest BCUT2D eigenvalue weighted by Crippen LogP contribution is 2.18. The van der Waals surface area contributed by atoms with Gasteiger partial charge in [-0.3, -0.25) is 0 Å². The van der Waals surface area contributed by atoms with Gasteiger partial charge >= 0.3 is 0 Å². The van der Waals surface area contributed by atoms with E-state index in [-0.39, 0.29) is 0 Å². The Labute approximate surface area is 127 Å². The number of fused-ring (bicyclic) bond motifs is 1. The minimum atomic E-state index is 0.530. The molecule has 0 radical (unpaired) electrons. The molecule has 0 saturated carbocycles. The van der Waals surface area contributed by atoms with Crippen LogP contribution < -0.4 is 16.4 Å². The SMILES string of the molecule is NCCCNc1nc(NCc2ccccc2)c2nn[nH]c2n1. The van der Waals surface area contributed by atoms with Crippen LogP contribution in [0.3, 0.4) is 0 Å². The topological polar surface area (TPSA) is 117 Å². The lowest BCUT2D eigenvalue weighted by Gasteiger charge is -2.09. The monoisotopic (exact) mass is 298 g/mol. The van der Waals surface area contributed by atoms with Crippen LogP contribution in [0.1, 0.15) is 12.0 Å². The van der Waals surface area contributed by atoms with Crippen LogP contribution in [0.15, 0.2) is 30.3 Å². The molecule has 2 aromatic heterocycles. The molecule has 0 spiro atoms. The first-order chi connectivity index (χ1) is 10.9. The second-order valence-corrected chi connectivity index (χ2v) is 4.81. The van der Waals surface area contributed by atoms with Gasteiger partial charge in [-0.1, -0.05) is 35.5 Å². The van der Waals surface area contributed by atoms with Crippen molar-refractivity contribution < 1.29 is 0 Å². The van der Waals surface area contributed by atoms with Crippen LogP contribution in [0.4, 0.5) is 11.8 Å². The Morgan fingerprint density at radius 2 is 1.95 bits per heavy atom. The molecule has 2 heterocycles. The van der Waals surface area contributed by atoms with Crippen molar-refractivity contribution in [2.24, 2.45) is 5.73 Å². The van der Waals surface area contributed by atoms with E-state index in [1.165, 1.54) is 0 Å². The third-order valence-corrected chi connectivity index (χ3v) is 3.16. The smallest absolute Gasteiger partial charge is 0.226 e. The van der Waals surface area contributed by atoms with Crippen LogP contribution in [0.5, 0.6) is 0 Å². The first-order valence-electron chi connectivity index (χ1n) is 7.17. The number of aromatic nitrogens is 5. The fourth-order valence-electron chi connectivity index (χ4n) is 2.04. The molecule has 114 valence electrons. The highest BCUT2D eigenvalue weighted by Gasteiger charge is 2.10. The summed E-state index contributed by atoms with van der Waals surface area (Å²) in [7, 11) is 0. The number of nitrogens with zero attached hydrogens (tertiary/aromatic N) is 4. The zero-order valence-corrected chi connectivity index (χ0v) is 12.1. The standard InChI is InChI=1S/C14H18N8/c15-7-4-8-16-14-18-12(11-13(19-14)21-22-20-11)17-9-10-5-2-1-3-6-10/h1-3,5-6H,4,7-9,15H2,(H3,16,17,18,19,20,21,22). The van der Waals surface area contributed by atoms with Gasteiger partial charge in [0.15, 0.2) is 17.0 Å². The quantitative estimate of drug-likeness (QED) is 0.483. The number of nitrogens with one attached hydrogen (secondary N) is 3. The molecule has 3 rings (SSSR count). The summed E-state index contributed by atoms with van der Waals surface area (Å²) in [6.07, 6.45) is 0.857. The third kappa shape index (κ3) is 3.29. The number of nitrogens with two attached hydrogens (primary N) is 1. The molecular weight excluding hydrogens is 280 g/mol. The van der Waals surface area contributed by atoms with Crippen molar-refractivity contribution in [3.8, 4) is 0 Å². The van der Waals surface area contributed by atoms with E-state index in [9.17, 15) is 0 Å². The van der Waals surface area contributed by atoms with Crippen LogP contribution in [0.25, 0.3) is 11.2 Å². The third-order valence-electron chi connectivity index (χ3n) is 3.16. The van der Waals surface area contributed by atoms with Gasteiger partial charge in [0, 0.05) is 13.1 Å². The van der Waals surface area contributed by atoms with Crippen molar-refractivity contribution >= 4 is 22.9 Å². The van der Waals surface area contributed by atoms with E-state index in [1.807, 2.05) is 18.2 Å². The molecule has 0 aliphatic rings. The van der Waals surface area contributed by atoms with Gasteiger partial charge in [-0.2, -0.15) is 9.97 Å². The molecule has 1 aromatic carbocycles. The Kier molecular flexibility index (Phi) is 4.40. The number of aromatic amines is 1. The van der Waals surface area contributed by atoms with Gasteiger partial charge in [0.05, 0.1) is 0 Å². The van der Waals surface area contributed by atoms with Gasteiger partial charge in [0.25, 0.3) is 0 Å². The molecule has 0 unspecified atom stereocenters. The predicted molar refractivity (Wildman–Crippen MR) is 85.4 cm³/mol. The largest absolute Gasteiger partial charge is 0.364 e. The van der Waals surface area contributed by atoms with Crippen molar-refractivity contribution in [2.75, 3.05) is 23.7 Å². The predicted octanol–water partition coefficient (Wildman–Crippen LogP) is 1.12. The maximum atomic E-state index is 5.49. The van der Waals surface area contributed by atoms with Crippen molar-refractivity contribution in [2.45, 2.75) is 13.0 Å². The van der Waals surface area contributed by atoms with Crippen LogP contribution >= 0.6 is 0 Å². The highest BCUT2D eigenvalue weighted by molar-refractivity contribution is 5.82. The lowest BCUT2D eigenvalue weighted by molar-refractivity contribution is 0.864. The van der Waals surface area contributed by atoms with E-state index in [4.69, 9.17) is 5.73 Å². The summed E-state index contributed by atoms with van der Waals surface area (Å²) < 4.78 is 0. The Morgan fingerprint density at radius 3 is 2.77 bits per heavy atom. The molecule has 0 saturated heterocycles. The average molecular weight is 298 g/mol. The zero-order valence-electron chi connectivity index (χ0n) is 12.1. The van der Waals surface area contributed by atoms with E-state index in [0.717, 1.165) is 18.5 Å². The zero-order chi connectivity index (χ0) is 15.2. The van der Waals surface area contributed by atoms with Gasteiger partial charge in [-0.25, -0.2) is 5.10 Å². The molecule has 3 aromatic rings. The van der Waals surface area contributed by atoms with Gasteiger partial charge in [0.1, 0.15) is 0 Å². The fraction of sp³-hybridized carbons (Fsp3) is 0.286. The van der Waals surface area contributed by atoms with Crippen LogP contribution in [0.2, 0.25) is 0 Å². The number of anilines is 2. The van der Waals surface area contributed by atoms with Crippen LogP contribution in [-0.2, 0) is 6.54 Å². The Hall–Kier alpha value is -2.74. The number of benzene rings is 1. The molecular formula is C14H18N8. The maximum Gasteiger partial charge on any atom is 0.226 e.